The van der Waals surface area contributed by atoms with Crippen LogP contribution < -0.4 is 0 Å². The van der Waals surface area contributed by atoms with E-state index in [1.54, 1.807) is 6.92 Å². The number of aliphatic carboxylic acids is 1. The van der Waals surface area contributed by atoms with Crippen molar-refractivity contribution in [3.8, 4) is 0 Å². The average molecular weight is 350 g/mol. The Labute approximate surface area is 148 Å². The third-order valence-corrected chi connectivity index (χ3v) is 3.45. The van der Waals surface area contributed by atoms with Gasteiger partial charge in [0.05, 0.1) is 6.92 Å². The van der Waals surface area contributed by atoms with Crippen LogP contribution in [-0.4, -0.2) is 23.0 Å². The lowest BCUT2D eigenvalue weighted by molar-refractivity contribution is -0.321. The van der Waals surface area contributed by atoms with E-state index in [2.05, 4.69) is 13.2 Å². The van der Waals surface area contributed by atoms with Gasteiger partial charge in [-0.2, -0.15) is 0 Å². The topological polar surface area (TPSA) is 82.1 Å². The second-order valence-corrected chi connectivity index (χ2v) is 5.90. The molecule has 138 valence electrons. The van der Waals surface area contributed by atoms with Crippen LogP contribution in [0.3, 0.4) is 0 Å². The summed E-state index contributed by atoms with van der Waals surface area (Å²) in [5, 5.41) is 7.89. The maximum atomic E-state index is 11.4. The molecule has 2 aliphatic rings. The van der Waals surface area contributed by atoms with Gasteiger partial charge >= 0.3 is 17.9 Å². The Bertz CT molecular complexity index is 547. The molecule has 2 rings (SSSR count). The summed E-state index contributed by atoms with van der Waals surface area (Å²) in [5.74, 6) is -1.26. The fraction of sp³-hybridized carbons (Fsp3) is 0.474. The van der Waals surface area contributed by atoms with Gasteiger partial charge in [0.2, 0.25) is 0 Å². The molecule has 25 heavy (non-hydrogen) atoms. The Kier molecular flexibility index (Phi) is 7.98. The molecule has 0 amide bonds. The highest BCUT2D eigenvalue weighted by Crippen LogP contribution is 2.31. The molecule has 6 heteroatoms. The summed E-state index contributed by atoms with van der Waals surface area (Å²) < 4.78 is 16.7. The summed E-state index contributed by atoms with van der Waals surface area (Å²) in [6.45, 7) is 9.61. The fourth-order valence-electron chi connectivity index (χ4n) is 2.23. The third-order valence-electron chi connectivity index (χ3n) is 3.45. The van der Waals surface area contributed by atoms with Crippen LogP contribution in [0.15, 0.2) is 48.5 Å². The van der Waals surface area contributed by atoms with Crippen LogP contribution in [-0.2, 0) is 23.8 Å². The minimum absolute atomic E-state index is 0.176. The second-order valence-electron chi connectivity index (χ2n) is 5.90. The van der Waals surface area contributed by atoms with Crippen LogP contribution >= 0.6 is 0 Å². The van der Waals surface area contributed by atoms with Gasteiger partial charge in [0.25, 0.3) is 0 Å². The van der Waals surface area contributed by atoms with Gasteiger partial charge in [-0.05, 0) is 44.8 Å². The summed E-state index contributed by atoms with van der Waals surface area (Å²) >= 11 is 0. The normalized spacial score (nSPS) is 15.9. The average Bonchev–Trinajstić information content (AvgIpc) is 3.21. The molecular weight excluding hydrogens is 324 g/mol. The van der Waals surface area contributed by atoms with Gasteiger partial charge in [-0.15, -0.1) is 0 Å². The minimum Gasteiger partial charge on any atom is -0.478 e. The Morgan fingerprint density at radius 1 is 1.16 bits per heavy atom. The molecule has 0 saturated carbocycles. The van der Waals surface area contributed by atoms with Crippen LogP contribution in [0.2, 0.25) is 0 Å². The van der Waals surface area contributed by atoms with Crippen molar-refractivity contribution in [1.82, 2.24) is 0 Å². The van der Waals surface area contributed by atoms with E-state index in [0.29, 0.717) is 0 Å². The number of carbonyl (C=O) groups is 2. The molecule has 0 atom stereocenters. The molecule has 0 bridgehead atoms. The summed E-state index contributed by atoms with van der Waals surface area (Å²) in [6, 6.07) is 0. The van der Waals surface area contributed by atoms with Gasteiger partial charge in [0, 0.05) is 24.5 Å². The molecule has 0 aromatic rings. The van der Waals surface area contributed by atoms with Crippen molar-refractivity contribution in [3.05, 3.63) is 48.5 Å². The third kappa shape index (κ3) is 7.74. The Morgan fingerprint density at radius 2 is 1.60 bits per heavy atom. The zero-order valence-corrected chi connectivity index (χ0v) is 14.9. The van der Waals surface area contributed by atoms with Crippen molar-refractivity contribution in [1.29, 1.82) is 0 Å². The zero-order valence-electron chi connectivity index (χ0n) is 14.9. The number of carboxylic acid groups (broad SMARTS) is 1. The number of esters is 1. The first-order valence-electron chi connectivity index (χ1n) is 8.26. The number of rotatable bonds is 7. The highest BCUT2D eigenvalue weighted by molar-refractivity contribution is 5.84. The number of ether oxygens (including phenoxy) is 3. The molecule has 0 radical (unpaired) electrons. The van der Waals surface area contributed by atoms with E-state index in [0.717, 1.165) is 56.1 Å². The Morgan fingerprint density at radius 3 is 1.88 bits per heavy atom. The van der Waals surface area contributed by atoms with Crippen LogP contribution in [0.1, 0.15) is 52.4 Å². The van der Waals surface area contributed by atoms with E-state index in [-0.39, 0.29) is 5.57 Å². The number of carbonyl (C=O) groups excluding carboxylic acids is 1. The standard InChI is InChI=1S/C15H20O4.C4H6O2/c1-3-14(16)19-15(2,17-12-8-4-5-9-12)18-13-10-6-7-11-13;1-3(2)4(5)6/h3,8,10H,1,4-7,9,11H2,2H3;1H2,2H3,(H,5,6). The van der Waals surface area contributed by atoms with Gasteiger partial charge < -0.3 is 19.3 Å². The van der Waals surface area contributed by atoms with E-state index in [9.17, 15) is 9.59 Å². The second kappa shape index (κ2) is 9.71. The Balaban J connectivity index is 0.000000450. The van der Waals surface area contributed by atoms with Crippen LogP contribution in [0.4, 0.5) is 0 Å². The quantitative estimate of drug-likeness (QED) is 0.421. The largest absolute Gasteiger partial charge is 0.478 e. The highest BCUT2D eigenvalue weighted by Gasteiger charge is 2.35. The number of allylic oxidation sites excluding steroid dienone is 4. The molecule has 2 aliphatic carbocycles. The molecule has 0 heterocycles. The van der Waals surface area contributed by atoms with E-state index in [1.807, 2.05) is 12.2 Å². The van der Waals surface area contributed by atoms with Crippen molar-refractivity contribution >= 4 is 11.9 Å². The molecular formula is C19H26O6. The van der Waals surface area contributed by atoms with E-state index >= 15 is 0 Å². The van der Waals surface area contributed by atoms with Crippen molar-refractivity contribution < 1.29 is 28.9 Å². The van der Waals surface area contributed by atoms with Gasteiger partial charge in [-0.3, -0.25) is 0 Å². The molecule has 0 unspecified atom stereocenters. The lowest BCUT2D eigenvalue weighted by atomic mass is 10.3. The van der Waals surface area contributed by atoms with E-state index in [1.165, 1.54) is 6.92 Å². The molecule has 0 aromatic heterocycles. The van der Waals surface area contributed by atoms with Crippen molar-refractivity contribution in [3.63, 3.8) is 0 Å². The van der Waals surface area contributed by atoms with Crippen molar-refractivity contribution in [2.45, 2.75) is 58.3 Å². The first-order chi connectivity index (χ1) is 11.8. The van der Waals surface area contributed by atoms with Crippen LogP contribution in [0, 0.1) is 0 Å². The minimum atomic E-state index is -1.41. The summed E-state index contributed by atoms with van der Waals surface area (Å²) in [6.07, 6.45) is 10.9. The number of hydrogen-bond acceptors (Lipinski definition) is 5. The van der Waals surface area contributed by atoms with Gasteiger partial charge in [-0.1, -0.05) is 13.2 Å². The summed E-state index contributed by atoms with van der Waals surface area (Å²) in [5.41, 5.74) is 0.176. The maximum absolute atomic E-state index is 11.4. The van der Waals surface area contributed by atoms with E-state index < -0.39 is 17.9 Å². The zero-order chi connectivity index (χ0) is 18.9. The van der Waals surface area contributed by atoms with Gasteiger partial charge in [-0.25, -0.2) is 9.59 Å². The molecule has 1 N–H and O–H groups in total. The van der Waals surface area contributed by atoms with Crippen LogP contribution in [0.25, 0.3) is 0 Å². The highest BCUT2D eigenvalue weighted by atomic mass is 16.9. The summed E-state index contributed by atoms with van der Waals surface area (Å²) in [7, 11) is 0. The lowest BCUT2D eigenvalue weighted by Crippen LogP contribution is -2.37. The monoisotopic (exact) mass is 350 g/mol. The molecule has 0 aliphatic heterocycles. The molecule has 0 aromatic carbocycles. The smallest absolute Gasteiger partial charge is 0.415 e. The maximum Gasteiger partial charge on any atom is 0.415 e. The van der Waals surface area contributed by atoms with Crippen LogP contribution in [0.5, 0.6) is 0 Å². The first kappa shape index (κ1) is 20.5. The fourth-order valence-corrected chi connectivity index (χ4v) is 2.23. The number of hydrogen-bond donors (Lipinski definition) is 1. The number of carboxylic acids is 1. The Hall–Kier alpha value is -2.50. The van der Waals surface area contributed by atoms with Gasteiger partial charge in [0.1, 0.15) is 11.5 Å². The predicted molar refractivity (Wildman–Crippen MR) is 93.2 cm³/mol. The molecule has 0 fully saturated rings. The molecule has 6 nitrogen and oxygen atoms in total. The SMILES string of the molecule is C=C(C)C(=O)O.C=CC(=O)OC(C)(OC1=CCCC1)OC1=CCCC1. The predicted octanol–water partition coefficient (Wildman–Crippen LogP) is 4.21. The van der Waals surface area contributed by atoms with Crippen molar-refractivity contribution in [2.75, 3.05) is 0 Å². The lowest BCUT2D eigenvalue weighted by Gasteiger charge is -2.30. The van der Waals surface area contributed by atoms with Crippen molar-refractivity contribution in [2.24, 2.45) is 0 Å². The molecule has 0 spiro atoms. The van der Waals surface area contributed by atoms with Gasteiger partial charge in [0.15, 0.2) is 0 Å². The van der Waals surface area contributed by atoms with E-state index in [4.69, 9.17) is 19.3 Å². The summed E-state index contributed by atoms with van der Waals surface area (Å²) in [4.78, 5) is 21.0. The first-order valence-corrected chi connectivity index (χ1v) is 8.26. The molecule has 0 saturated heterocycles.